The zero-order valence-corrected chi connectivity index (χ0v) is 25.8. The van der Waals surface area contributed by atoms with Crippen LogP contribution in [-0.4, -0.2) is 50.4 Å². The molecule has 0 radical (unpaired) electrons. The highest BCUT2D eigenvalue weighted by molar-refractivity contribution is 7.92. The van der Waals surface area contributed by atoms with Crippen LogP contribution < -0.4 is 14.4 Å². The number of para-hydroxylation sites is 1. The van der Waals surface area contributed by atoms with E-state index in [4.69, 9.17) is 27.9 Å². The standard InChI is InChI=1S/C30H35Cl2N3O5S/c1-5-21(3)33-30(37)22(4)34(19-23-12-17-27(31)28(32)18-23)29(36)20-35(24-10-8-7-9-11-24)41(38,39)26-15-13-25(14-16-26)40-6-2/h7-18,21-22H,5-6,19-20H2,1-4H3,(H,33,37)/t21-,22+/m0/s1. The van der Waals surface area contributed by atoms with E-state index >= 15 is 0 Å². The highest BCUT2D eigenvalue weighted by Gasteiger charge is 2.32. The maximum Gasteiger partial charge on any atom is 0.264 e. The van der Waals surface area contributed by atoms with Crippen molar-refractivity contribution in [2.24, 2.45) is 0 Å². The third-order valence-electron chi connectivity index (χ3n) is 6.55. The summed E-state index contributed by atoms with van der Waals surface area (Å²) in [5.41, 5.74) is 0.942. The molecule has 2 amide bonds. The van der Waals surface area contributed by atoms with E-state index in [2.05, 4.69) is 5.32 Å². The minimum atomic E-state index is -4.18. The van der Waals surface area contributed by atoms with Crippen LogP contribution in [0.25, 0.3) is 0 Å². The largest absolute Gasteiger partial charge is 0.494 e. The fraction of sp³-hybridized carbons (Fsp3) is 0.333. The van der Waals surface area contributed by atoms with Crippen LogP contribution in [0.4, 0.5) is 5.69 Å². The van der Waals surface area contributed by atoms with Gasteiger partial charge >= 0.3 is 0 Å². The van der Waals surface area contributed by atoms with Crippen LogP contribution in [0.5, 0.6) is 5.75 Å². The minimum absolute atomic E-state index is 0.00352. The number of hydrogen-bond donors (Lipinski definition) is 1. The molecule has 0 aliphatic heterocycles. The Balaban J connectivity index is 2.00. The van der Waals surface area contributed by atoms with E-state index in [-0.39, 0.29) is 23.4 Å². The molecular weight excluding hydrogens is 585 g/mol. The van der Waals surface area contributed by atoms with Crippen molar-refractivity contribution in [2.75, 3.05) is 17.5 Å². The molecule has 8 nitrogen and oxygen atoms in total. The number of halogens is 2. The van der Waals surface area contributed by atoms with Gasteiger partial charge in [-0.2, -0.15) is 0 Å². The third kappa shape index (κ3) is 8.38. The second-order valence-corrected chi connectivity index (χ2v) is 12.2. The summed E-state index contributed by atoms with van der Waals surface area (Å²) in [5.74, 6) is -0.391. The van der Waals surface area contributed by atoms with Crippen LogP contribution in [0.2, 0.25) is 10.0 Å². The Hall–Kier alpha value is -3.27. The molecule has 41 heavy (non-hydrogen) atoms. The van der Waals surface area contributed by atoms with Crippen molar-refractivity contribution in [3.05, 3.63) is 88.4 Å². The highest BCUT2D eigenvalue weighted by Crippen LogP contribution is 2.27. The molecule has 2 atom stereocenters. The molecule has 3 aromatic rings. The van der Waals surface area contributed by atoms with Crippen molar-refractivity contribution in [3.63, 3.8) is 0 Å². The lowest BCUT2D eigenvalue weighted by Gasteiger charge is -2.32. The molecule has 1 N–H and O–H groups in total. The van der Waals surface area contributed by atoms with Gasteiger partial charge in [0.2, 0.25) is 11.8 Å². The molecule has 220 valence electrons. The van der Waals surface area contributed by atoms with Crippen LogP contribution in [0.1, 0.15) is 39.7 Å². The summed E-state index contributed by atoms with van der Waals surface area (Å²) < 4.78 is 34.3. The Morgan fingerprint density at radius 2 is 1.59 bits per heavy atom. The second-order valence-electron chi connectivity index (χ2n) is 9.52. The van der Waals surface area contributed by atoms with Gasteiger partial charge in [0.05, 0.1) is 27.2 Å². The van der Waals surface area contributed by atoms with Gasteiger partial charge in [0.15, 0.2) is 0 Å². The number of nitrogens with zero attached hydrogens (tertiary/aromatic N) is 2. The highest BCUT2D eigenvalue weighted by atomic mass is 35.5. The van der Waals surface area contributed by atoms with Crippen LogP contribution in [0.15, 0.2) is 77.7 Å². The monoisotopic (exact) mass is 619 g/mol. The number of amides is 2. The quantitative estimate of drug-likeness (QED) is 0.256. The predicted octanol–water partition coefficient (Wildman–Crippen LogP) is 5.92. The summed E-state index contributed by atoms with van der Waals surface area (Å²) in [5, 5.41) is 3.56. The van der Waals surface area contributed by atoms with Crippen molar-refractivity contribution in [2.45, 2.75) is 57.6 Å². The van der Waals surface area contributed by atoms with Crippen LogP contribution in [0.3, 0.4) is 0 Å². The predicted molar refractivity (Wildman–Crippen MR) is 163 cm³/mol. The summed E-state index contributed by atoms with van der Waals surface area (Å²) >= 11 is 12.3. The maximum absolute atomic E-state index is 14.0. The van der Waals surface area contributed by atoms with E-state index in [0.717, 1.165) is 4.31 Å². The normalized spacial score (nSPS) is 12.7. The number of carbonyl (C=O) groups excluding carboxylic acids is 2. The van der Waals surface area contributed by atoms with Gasteiger partial charge in [0, 0.05) is 12.6 Å². The topological polar surface area (TPSA) is 96.0 Å². The van der Waals surface area contributed by atoms with E-state index in [1.54, 1.807) is 67.6 Å². The Bertz CT molecular complexity index is 1440. The van der Waals surface area contributed by atoms with E-state index in [0.29, 0.717) is 40.1 Å². The fourth-order valence-electron chi connectivity index (χ4n) is 4.01. The first-order valence-corrected chi connectivity index (χ1v) is 15.5. The average Bonchev–Trinajstić information content (AvgIpc) is 2.96. The molecular formula is C30H35Cl2N3O5S. The van der Waals surface area contributed by atoms with Gasteiger partial charge in [-0.15, -0.1) is 0 Å². The summed E-state index contributed by atoms with van der Waals surface area (Å²) in [6.07, 6.45) is 0.710. The van der Waals surface area contributed by atoms with Gasteiger partial charge in [-0.1, -0.05) is 54.4 Å². The van der Waals surface area contributed by atoms with Crippen LogP contribution >= 0.6 is 23.2 Å². The molecule has 0 spiro atoms. The first kappa shape index (κ1) is 32.2. The van der Waals surface area contributed by atoms with Crippen molar-refractivity contribution in [1.82, 2.24) is 10.2 Å². The molecule has 0 saturated carbocycles. The van der Waals surface area contributed by atoms with Gasteiger partial charge in [-0.05, 0) is 81.3 Å². The summed E-state index contributed by atoms with van der Waals surface area (Å²) in [6.45, 7) is 7.17. The molecule has 11 heteroatoms. The molecule has 0 heterocycles. The summed E-state index contributed by atoms with van der Waals surface area (Å²) in [7, 11) is -4.18. The van der Waals surface area contributed by atoms with Crippen LogP contribution in [-0.2, 0) is 26.2 Å². The number of nitrogens with one attached hydrogen (secondary N) is 1. The summed E-state index contributed by atoms with van der Waals surface area (Å²) in [4.78, 5) is 28.4. The number of rotatable bonds is 13. The van der Waals surface area contributed by atoms with Crippen molar-refractivity contribution in [1.29, 1.82) is 0 Å². The Labute approximate surface area is 252 Å². The molecule has 0 unspecified atom stereocenters. The lowest BCUT2D eigenvalue weighted by atomic mass is 10.1. The molecule has 0 bridgehead atoms. The molecule has 0 saturated heterocycles. The van der Waals surface area contributed by atoms with Crippen molar-refractivity contribution in [3.8, 4) is 5.75 Å². The molecule has 3 rings (SSSR count). The second kappa shape index (κ2) is 14.6. The molecule has 0 fully saturated rings. The van der Waals surface area contributed by atoms with Crippen LogP contribution in [0, 0.1) is 0 Å². The summed E-state index contributed by atoms with van der Waals surface area (Å²) in [6, 6.07) is 18.3. The van der Waals surface area contributed by atoms with E-state index < -0.39 is 28.5 Å². The SMILES string of the molecule is CCOc1ccc(S(=O)(=O)N(CC(=O)N(Cc2ccc(Cl)c(Cl)c2)[C@H](C)C(=O)N[C@@H](C)CC)c2ccccc2)cc1. The minimum Gasteiger partial charge on any atom is -0.494 e. The number of benzene rings is 3. The van der Waals surface area contributed by atoms with Gasteiger partial charge in [0.25, 0.3) is 10.0 Å². The van der Waals surface area contributed by atoms with Crippen molar-refractivity contribution < 1.29 is 22.7 Å². The zero-order chi connectivity index (χ0) is 30.2. The first-order chi connectivity index (χ1) is 19.5. The van der Waals surface area contributed by atoms with Crippen molar-refractivity contribution >= 4 is 50.7 Å². The molecule has 0 aliphatic carbocycles. The number of hydrogen-bond acceptors (Lipinski definition) is 5. The number of ether oxygens (including phenoxy) is 1. The molecule has 0 aliphatic rings. The van der Waals surface area contributed by atoms with Gasteiger partial charge in [-0.25, -0.2) is 8.42 Å². The lowest BCUT2D eigenvalue weighted by molar-refractivity contribution is -0.139. The Morgan fingerprint density at radius 3 is 2.17 bits per heavy atom. The zero-order valence-electron chi connectivity index (χ0n) is 23.5. The molecule has 3 aromatic carbocycles. The average molecular weight is 621 g/mol. The number of carbonyl (C=O) groups is 2. The van der Waals surface area contributed by atoms with E-state index in [9.17, 15) is 18.0 Å². The first-order valence-electron chi connectivity index (χ1n) is 13.3. The maximum atomic E-state index is 14.0. The number of sulfonamides is 1. The smallest absolute Gasteiger partial charge is 0.264 e. The lowest BCUT2D eigenvalue weighted by Crippen LogP contribution is -2.52. The number of anilines is 1. The third-order valence-corrected chi connectivity index (χ3v) is 9.08. The Kier molecular flexibility index (Phi) is 11.5. The van der Waals surface area contributed by atoms with E-state index in [1.807, 2.05) is 20.8 Å². The van der Waals surface area contributed by atoms with E-state index in [1.165, 1.54) is 17.0 Å². The van der Waals surface area contributed by atoms with Gasteiger partial charge in [0.1, 0.15) is 18.3 Å². The van der Waals surface area contributed by atoms with Gasteiger partial charge in [-0.3, -0.25) is 13.9 Å². The van der Waals surface area contributed by atoms with Gasteiger partial charge < -0.3 is 15.0 Å². The Morgan fingerprint density at radius 1 is 0.927 bits per heavy atom. The molecule has 0 aromatic heterocycles. The fourth-order valence-corrected chi connectivity index (χ4v) is 5.74.